The van der Waals surface area contributed by atoms with Gasteiger partial charge in [0.1, 0.15) is 5.82 Å². The van der Waals surface area contributed by atoms with Crippen LogP contribution in [0.4, 0.5) is 0 Å². The number of rotatable bonds is 3. The standard InChI is InChI=1S/C13H15N3O/c14-12(6-13-15-3-4-16-13)9-1-2-10-7-17-8-11(10)5-9/h1-5,12H,6-8,14H2,(H,15,16). The van der Waals surface area contributed by atoms with E-state index in [0.717, 1.165) is 24.4 Å². The van der Waals surface area contributed by atoms with Gasteiger partial charge in [-0.05, 0) is 16.7 Å². The maximum Gasteiger partial charge on any atom is 0.107 e. The molecule has 0 aliphatic carbocycles. The zero-order chi connectivity index (χ0) is 11.7. The Balaban J connectivity index is 1.79. The van der Waals surface area contributed by atoms with E-state index in [1.165, 1.54) is 11.1 Å². The predicted octanol–water partition coefficient (Wildman–Crippen LogP) is 1.68. The molecular weight excluding hydrogens is 214 g/mol. The summed E-state index contributed by atoms with van der Waals surface area (Å²) >= 11 is 0. The summed E-state index contributed by atoms with van der Waals surface area (Å²) in [5, 5.41) is 0. The Hall–Kier alpha value is -1.65. The number of ether oxygens (including phenoxy) is 1. The van der Waals surface area contributed by atoms with Crippen LogP contribution in [-0.4, -0.2) is 9.97 Å². The monoisotopic (exact) mass is 229 g/mol. The SMILES string of the molecule is NC(Cc1ncc[nH]1)c1ccc2c(c1)COC2. The quantitative estimate of drug-likeness (QED) is 0.841. The number of nitrogens with one attached hydrogen (secondary N) is 1. The summed E-state index contributed by atoms with van der Waals surface area (Å²) in [6, 6.07) is 6.32. The minimum Gasteiger partial charge on any atom is -0.372 e. The van der Waals surface area contributed by atoms with Crippen molar-refractivity contribution in [3.8, 4) is 0 Å². The van der Waals surface area contributed by atoms with Crippen LogP contribution in [0.1, 0.15) is 28.6 Å². The summed E-state index contributed by atoms with van der Waals surface area (Å²) in [4.78, 5) is 7.27. The van der Waals surface area contributed by atoms with Gasteiger partial charge in [0.25, 0.3) is 0 Å². The fourth-order valence-electron chi connectivity index (χ4n) is 2.16. The first kappa shape index (κ1) is 10.5. The van der Waals surface area contributed by atoms with Gasteiger partial charge in [-0.25, -0.2) is 4.98 Å². The van der Waals surface area contributed by atoms with Crippen molar-refractivity contribution < 1.29 is 4.74 Å². The number of hydrogen-bond acceptors (Lipinski definition) is 3. The second-order valence-corrected chi connectivity index (χ2v) is 4.37. The van der Waals surface area contributed by atoms with E-state index in [4.69, 9.17) is 10.5 Å². The molecule has 0 bridgehead atoms. The molecule has 1 aromatic carbocycles. The fourth-order valence-corrected chi connectivity index (χ4v) is 2.16. The summed E-state index contributed by atoms with van der Waals surface area (Å²) in [7, 11) is 0. The molecule has 4 heteroatoms. The fraction of sp³-hybridized carbons (Fsp3) is 0.308. The third kappa shape index (κ3) is 2.09. The second-order valence-electron chi connectivity index (χ2n) is 4.37. The van der Waals surface area contributed by atoms with E-state index in [1.807, 2.05) is 6.20 Å². The molecule has 3 N–H and O–H groups in total. The van der Waals surface area contributed by atoms with Crippen LogP contribution in [0.2, 0.25) is 0 Å². The molecule has 88 valence electrons. The average Bonchev–Trinajstić information content (AvgIpc) is 2.97. The van der Waals surface area contributed by atoms with Crippen LogP contribution >= 0.6 is 0 Å². The Kier molecular flexibility index (Phi) is 2.66. The number of aromatic nitrogens is 2. The molecule has 0 amide bonds. The number of aromatic amines is 1. The number of benzene rings is 1. The first-order valence-corrected chi connectivity index (χ1v) is 5.76. The van der Waals surface area contributed by atoms with Crippen molar-refractivity contribution in [1.82, 2.24) is 9.97 Å². The molecule has 0 spiro atoms. The Morgan fingerprint density at radius 2 is 2.24 bits per heavy atom. The molecule has 1 aliphatic rings. The minimum absolute atomic E-state index is 0.0213. The molecule has 2 heterocycles. The van der Waals surface area contributed by atoms with Crippen LogP contribution in [0.15, 0.2) is 30.6 Å². The van der Waals surface area contributed by atoms with E-state index in [-0.39, 0.29) is 6.04 Å². The van der Waals surface area contributed by atoms with E-state index >= 15 is 0 Å². The van der Waals surface area contributed by atoms with Gasteiger partial charge in [0.2, 0.25) is 0 Å². The zero-order valence-corrected chi connectivity index (χ0v) is 9.52. The van der Waals surface area contributed by atoms with Gasteiger partial charge in [-0.2, -0.15) is 0 Å². The third-order valence-corrected chi connectivity index (χ3v) is 3.14. The first-order valence-electron chi connectivity index (χ1n) is 5.76. The molecule has 0 fully saturated rings. The molecule has 1 atom stereocenters. The molecule has 4 nitrogen and oxygen atoms in total. The van der Waals surface area contributed by atoms with Crippen molar-refractivity contribution in [2.24, 2.45) is 5.73 Å². The minimum atomic E-state index is -0.0213. The molecular formula is C13H15N3O. The topological polar surface area (TPSA) is 63.9 Å². The highest BCUT2D eigenvalue weighted by molar-refractivity contribution is 5.34. The smallest absolute Gasteiger partial charge is 0.107 e. The molecule has 1 unspecified atom stereocenters. The van der Waals surface area contributed by atoms with Gasteiger partial charge in [0.05, 0.1) is 13.2 Å². The van der Waals surface area contributed by atoms with Crippen LogP contribution in [0.5, 0.6) is 0 Å². The van der Waals surface area contributed by atoms with Gasteiger partial charge in [0.15, 0.2) is 0 Å². The van der Waals surface area contributed by atoms with Gasteiger partial charge in [-0.1, -0.05) is 18.2 Å². The van der Waals surface area contributed by atoms with E-state index in [9.17, 15) is 0 Å². The van der Waals surface area contributed by atoms with Crippen molar-refractivity contribution in [2.75, 3.05) is 0 Å². The lowest BCUT2D eigenvalue weighted by molar-refractivity contribution is 0.134. The Morgan fingerprint density at radius 1 is 1.35 bits per heavy atom. The molecule has 1 aromatic heterocycles. The van der Waals surface area contributed by atoms with Crippen LogP contribution in [0, 0.1) is 0 Å². The summed E-state index contributed by atoms with van der Waals surface area (Å²) in [5.74, 6) is 0.925. The van der Waals surface area contributed by atoms with Crippen molar-refractivity contribution in [3.05, 3.63) is 53.1 Å². The van der Waals surface area contributed by atoms with Gasteiger partial charge in [-0.3, -0.25) is 0 Å². The van der Waals surface area contributed by atoms with Crippen molar-refractivity contribution in [1.29, 1.82) is 0 Å². The number of H-pyrrole nitrogens is 1. The maximum absolute atomic E-state index is 6.18. The lowest BCUT2D eigenvalue weighted by Gasteiger charge is -2.11. The maximum atomic E-state index is 6.18. The second kappa shape index (κ2) is 4.31. The van der Waals surface area contributed by atoms with Gasteiger partial charge in [0, 0.05) is 24.9 Å². The number of fused-ring (bicyclic) bond motifs is 1. The van der Waals surface area contributed by atoms with E-state index in [0.29, 0.717) is 6.61 Å². The average molecular weight is 229 g/mol. The summed E-state index contributed by atoms with van der Waals surface area (Å²) in [5.41, 5.74) is 9.86. The molecule has 2 aromatic rings. The summed E-state index contributed by atoms with van der Waals surface area (Å²) < 4.78 is 5.40. The van der Waals surface area contributed by atoms with E-state index < -0.39 is 0 Å². The number of nitrogens with zero attached hydrogens (tertiary/aromatic N) is 1. The van der Waals surface area contributed by atoms with E-state index in [2.05, 4.69) is 28.2 Å². The Morgan fingerprint density at radius 3 is 3.06 bits per heavy atom. The number of nitrogens with two attached hydrogens (primary N) is 1. The molecule has 0 saturated carbocycles. The van der Waals surface area contributed by atoms with Crippen LogP contribution in [0.3, 0.4) is 0 Å². The van der Waals surface area contributed by atoms with Gasteiger partial charge in [-0.15, -0.1) is 0 Å². The summed E-state index contributed by atoms with van der Waals surface area (Å²) in [6.07, 6.45) is 4.30. The van der Waals surface area contributed by atoms with Crippen molar-refractivity contribution >= 4 is 0 Å². The zero-order valence-electron chi connectivity index (χ0n) is 9.52. The Bertz CT molecular complexity index is 507. The lowest BCUT2D eigenvalue weighted by Crippen LogP contribution is -2.14. The number of imidazole rings is 1. The summed E-state index contributed by atoms with van der Waals surface area (Å²) in [6.45, 7) is 1.43. The number of hydrogen-bond donors (Lipinski definition) is 2. The molecule has 17 heavy (non-hydrogen) atoms. The van der Waals surface area contributed by atoms with Crippen LogP contribution in [0.25, 0.3) is 0 Å². The molecule has 0 radical (unpaired) electrons. The van der Waals surface area contributed by atoms with Gasteiger partial charge >= 0.3 is 0 Å². The highest BCUT2D eigenvalue weighted by atomic mass is 16.5. The van der Waals surface area contributed by atoms with Crippen molar-refractivity contribution in [2.45, 2.75) is 25.7 Å². The first-order chi connectivity index (χ1) is 8.33. The molecule has 1 aliphatic heterocycles. The van der Waals surface area contributed by atoms with Crippen LogP contribution < -0.4 is 5.73 Å². The lowest BCUT2D eigenvalue weighted by atomic mass is 9.99. The highest BCUT2D eigenvalue weighted by Crippen LogP contribution is 2.24. The van der Waals surface area contributed by atoms with E-state index in [1.54, 1.807) is 6.20 Å². The third-order valence-electron chi connectivity index (χ3n) is 3.14. The Labute approximate surface area is 99.8 Å². The van der Waals surface area contributed by atoms with Crippen molar-refractivity contribution in [3.63, 3.8) is 0 Å². The largest absolute Gasteiger partial charge is 0.372 e. The normalized spacial score (nSPS) is 15.8. The predicted molar refractivity (Wildman–Crippen MR) is 64.2 cm³/mol. The molecule has 3 rings (SSSR count). The highest BCUT2D eigenvalue weighted by Gasteiger charge is 2.14. The van der Waals surface area contributed by atoms with Crippen LogP contribution in [-0.2, 0) is 24.4 Å². The molecule has 0 saturated heterocycles. The van der Waals surface area contributed by atoms with Gasteiger partial charge < -0.3 is 15.5 Å².